The van der Waals surface area contributed by atoms with Gasteiger partial charge in [0.1, 0.15) is 0 Å². The fourth-order valence-corrected chi connectivity index (χ4v) is 1.96. The zero-order valence-corrected chi connectivity index (χ0v) is 9.12. The molecule has 0 spiro atoms. The van der Waals surface area contributed by atoms with Gasteiger partial charge in [0.05, 0.1) is 11.6 Å². The van der Waals surface area contributed by atoms with E-state index in [-0.39, 0.29) is 0 Å². The molecule has 1 aliphatic rings. The second-order valence-corrected chi connectivity index (χ2v) is 4.42. The molecule has 3 heteroatoms. The van der Waals surface area contributed by atoms with Crippen molar-refractivity contribution in [3.05, 3.63) is 29.5 Å². The van der Waals surface area contributed by atoms with E-state index in [4.69, 9.17) is 0 Å². The van der Waals surface area contributed by atoms with Crippen molar-refractivity contribution >= 4 is 10.9 Å². The van der Waals surface area contributed by atoms with Gasteiger partial charge in [-0.1, -0.05) is 0 Å². The summed E-state index contributed by atoms with van der Waals surface area (Å²) in [5.74, 6) is 0. The first kappa shape index (κ1) is 8.92. The molecule has 78 valence electrons. The predicted molar refractivity (Wildman–Crippen MR) is 61.1 cm³/mol. The maximum Gasteiger partial charge on any atom is 0.0926 e. The van der Waals surface area contributed by atoms with Crippen LogP contribution in [0.1, 0.15) is 17.2 Å². The first-order valence-corrected chi connectivity index (χ1v) is 5.41. The minimum absolute atomic E-state index is 0.554. The summed E-state index contributed by atoms with van der Waals surface area (Å²) in [6.07, 6.45) is 2.16. The Labute approximate surface area is 89.1 Å². The molecule has 1 saturated heterocycles. The molecule has 0 radical (unpaired) electrons. The van der Waals surface area contributed by atoms with Gasteiger partial charge < -0.3 is 5.32 Å². The second kappa shape index (κ2) is 3.07. The van der Waals surface area contributed by atoms with Gasteiger partial charge in [0.15, 0.2) is 0 Å². The van der Waals surface area contributed by atoms with Crippen LogP contribution in [0.4, 0.5) is 0 Å². The standard InChI is InChI=1S/C12H15N3/c1-8-3-10-7-15(11-5-13-6-11)14-12(10)4-9(8)2/h3-4,7,11,13H,5-6H2,1-2H3. The van der Waals surface area contributed by atoms with E-state index in [0.717, 1.165) is 18.6 Å². The van der Waals surface area contributed by atoms with Crippen molar-refractivity contribution in [2.75, 3.05) is 13.1 Å². The molecule has 2 aromatic rings. The van der Waals surface area contributed by atoms with Crippen molar-refractivity contribution in [1.82, 2.24) is 15.1 Å². The van der Waals surface area contributed by atoms with E-state index in [2.05, 4.69) is 47.3 Å². The first-order chi connectivity index (χ1) is 7.24. The Hall–Kier alpha value is -1.35. The Morgan fingerprint density at radius 3 is 2.67 bits per heavy atom. The van der Waals surface area contributed by atoms with Crippen LogP contribution in [0.25, 0.3) is 10.9 Å². The third-order valence-electron chi connectivity index (χ3n) is 3.27. The third-order valence-corrected chi connectivity index (χ3v) is 3.27. The Morgan fingerprint density at radius 1 is 1.27 bits per heavy atom. The molecule has 1 aromatic carbocycles. The predicted octanol–water partition coefficient (Wildman–Crippen LogP) is 1.80. The van der Waals surface area contributed by atoms with Gasteiger partial charge in [0, 0.05) is 24.7 Å². The van der Waals surface area contributed by atoms with Gasteiger partial charge >= 0.3 is 0 Å². The molecule has 1 aliphatic heterocycles. The van der Waals surface area contributed by atoms with Crippen molar-refractivity contribution in [2.45, 2.75) is 19.9 Å². The van der Waals surface area contributed by atoms with Gasteiger partial charge in [0.25, 0.3) is 0 Å². The van der Waals surface area contributed by atoms with Gasteiger partial charge in [-0.15, -0.1) is 0 Å². The maximum atomic E-state index is 4.61. The van der Waals surface area contributed by atoms with E-state index in [0.29, 0.717) is 6.04 Å². The number of hydrogen-bond donors (Lipinski definition) is 1. The number of nitrogens with zero attached hydrogens (tertiary/aromatic N) is 2. The molecule has 0 amide bonds. The van der Waals surface area contributed by atoms with Gasteiger partial charge in [-0.3, -0.25) is 4.68 Å². The fourth-order valence-electron chi connectivity index (χ4n) is 1.96. The van der Waals surface area contributed by atoms with Crippen LogP contribution in [0, 0.1) is 13.8 Å². The summed E-state index contributed by atoms with van der Waals surface area (Å²) in [5.41, 5.74) is 3.78. The van der Waals surface area contributed by atoms with Crippen molar-refractivity contribution in [3.63, 3.8) is 0 Å². The fraction of sp³-hybridized carbons (Fsp3) is 0.417. The van der Waals surface area contributed by atoms with Crippen molar-refractivity contribution in [3.8, 4) is 0 Å². The minimum atomic E-state index is 0.554. The largest absolute Gasteiger partial charge is 0.312 e. The lowest BCUT2D eigenvalue weighted by atomic mass is 10.1. The zero-order valence-electron chi connectivity index (χ0n) is 9.12. The third kappa shape index (κ3) is 1.35. The Kier molecular flexibility index (Phi) is 1.83. The van der Waals surface area contributed by atoms with Crippen LogP contribution in [-0.4, -0.2) is 22.9 Å². The second-order valence-electron chi connectivity index (χ2n) is 4.42. The normalized spacial score (nSPS) is 16.9. The summed E-state index contributed by atoms with van der Waals surface area (Å²) in [7, 11) is 0. The van der Waals surface area contributed by atoms with E-state index in [1.54, 1.807) is 0 Å². The molecule has 0 bridgehead atoms. The van der Waals surface area contributed by atoms with Crippen molar-refractivity contribution in [2.24, 2.45) is 0 Å². The topological polar surface area (TPSA) is 29.9 Å². The molecule has 1 aromatic heterocycles. The van der Waals surface area contributed by atoms with E-state index < -0.39 is 0 Å². The molecule has 3 nitrogen and oxygen atoms in total. The summed E-state index contributed by atoms with van der Waals surface area (Å²) in [6.45, 7) is 6.38. The van der Waals surface area contributed by atoms with Gasteiger partial charge in [-0.2, -0.15) is 5.10 Å². The highest BCUT2D eigenvalue weighted by molar-refractivity contribution is 5.79. The van der Waals surface area contributed by atoms with Gasteiger partial charge in [-0.25, -0.2) is 0 Å². The first-order valence-electron chi connectivity index (χ1n) is 5.41. The Morgan fingerprint density at radius 2 is 2.00 bits per heavy atom. The molecule has 3 rings (SSSR count). The summed E-state index contributed by atoms with van der Waals surface area (Å²) in [4.78, 5) is 0. The highest BCUT2D eigenvalue weighted by Gasteiger charge is 2.19. The smallest absolute Gasteiger partial charge is 0.0926 e. The molecular formula is C12H15N3. The number of hydrogen-bond acceptors (Lipinski definition) is 2. The van der Waals surface area contributed by atoms with Crippen molar-refractivity contribution < 1.29 is 0 Å². The summed E-state index contributed by atoms with van der Waals surface area (Å²) in [6, 6.07) is 4.95. The highest BCUT2D eigenvalue weighted by atomic mass is 15.3. The quantitative estimate of drug-likeness (QED) is 0.762. The highest BCUT2D eigenvalue weighted by Crippen LogP contribution is 2.20. The number of rotatable bonds is 1. The Balaban J connectivity index is 2.12. The van der Waals surface area contributed by atoms with E-state index in [1.807, 2.05) is 0 Å². The number of aromatic nitrogens is 2. The van der Waals surface area contributed by atoms with Crippen molar-refractivity contribution in [1.29, 1.82) is 0 Å². The van der Waals surface area contributed by atoms with Crippen LogP contribution in [0.5, 0.6) is 0 Å². The number of fused-ring (bicyclic) bond motifs is 1. The number of aryl methyl sites for hydroxylation is 2. The SMILES string of the molecule is Cc1cc2cn(C3CNC3)nc2cc1C. The summed E-state index contributed by atoms with van der Waals surface area (Å²) in [5, 5.41) is 9.13. The van der Waals surface area contributed by atoms with E-state index >= 15 is 0 Å². The van der Waals surface area contributed by atoms with E-state index in [1.165, 1.54) is 16.5 Å². The Bertz CT molecular complexity index is 470. The maximum absolute atomic E-state index is 4.61. The van der Waals surface area contributed by atoms with Gasteiger partial charge in [-0.05, 0) is 37.1 Å². The molecule has 2 heterocycles. The molecule has 0 atom stereocenters. The van der Waals surface area contributed by atoms with Crippen LogP contribution in [0.3, 0.4) is 0 Å². The molecule has 1 fully saturated rings. The molecule has 0 unspecified atom stereocenters. The lowest BCUT2D eigenvalue weighted by Crippen LogP contribution is -2.43. The molecule has 0 saturated carbocycles. The monoisotopic (exact) mass is 201 g/mol. The van der Waals surface area contributed by atoms with Crippen LogP contribution < -0.4 is 5.32 Å². The minimum Gasteiger partial charge on any atom is -0.312 e. The van der Waals surface area contributed by atoms with Crippen LogP contribution in [-0.2, 0) is 0 Å². The lowest BCUT2D eigenvalue weighted by Gasteiger charge is -2.27. The zero-order chi connectivity index (χ0) is 10.4. The summed E-state index contributed by atoms with van der Waals surface area (Å²) < 4.78 is 2.10. The lowest BCUT2D eigenvalue weighted by molar-refractivity contribution is 0.320. The van der Waals surface area contributed by atoms with E-state index in [9.17, 15) is 0 Å². The van der Waals surface area contributed by atoms with Crippen LogP contribution in [0.2, 0.25) is 0 Å². The van der Waals surface area contributed by atoms with Gasteiger partial charge in [0.2, 0.25) is 0 Å². The summed E-state index contributed by atoms with van der Waals surface area (Å²) >= 11 is 0. The number of nitrogens with one attached hydrogen (secondary N) is 1. The average Bonchev–Trinajstić information content (AvgIpc) is 2.45. The molecular weight excluding hydrogens is 186 g/mol. The van der Waals surface area contributed by atoms with Crippen LogP contribution in [0.15, 0.2) is 18.3 Å². The van der Waals surface area contributed by atoms with Crippen LogP contribution >= 0.6 is 0 Å². The average molecular weight is 201 g/mol. The molecule has 0 aliphatic carbocycles. The molecule has 1 N–H and O–H groups in total. The number of benzene rings is 1. The molecule has 15 heavy (non-hydrogen) atoms.